The third kappa shape index (κ3) is 2.96. The molecule has 0 heterocycles. The molecule has 1 aromatic carbocycles. The Kier molecular flexibility index (Phi) is 4.48. The normalized spacial score (nSPS) is 11.5. The third-order valence-electron chi connectivity index (χ3n) is 2.20. The first-order chi connectivity index (χ1) is 7.93. The van der Waals surface area contributed by atoms with Gasteiger partial charge in [-0.15, -0.1) is 0 Å². The largest absolute Gasteiger partial charge is 0.329 e. The van der Waals surface area contributed by atoms with E-state index in [2.05, 4.69) is 0 Å². The average Bonchev–Trinajstić information content (AvgIpc) is 2.29. The van der Waals surface area contributed by atoms with Crippen molar-refractivity contribution in [3.63, 3.8) is 0 Å². The number of likely N-dealkylation sites (N-methyl/N-ethyl adjacent to an activating group) is 1. The molecule has 0 saturated heterocycles. The van der Waals surface area contributed by atoms with E-state index in [9.17, 15) is 8.42 Å². The van der Waals surface area contributed by atoms with E-state index in [4.69, 9.17) is 22.6 Å². The number of nitrogens with zero attached hydrogens (tertiary/aromatic N) is 2. The number of sulfonamides is 1. The molecule has 0 aliphatic rings. The second-order valence-corrected chi connectivity index (χ2v) is 5.82. The second kappa shape index (κ2) is 5.47. The summed E-state index contributed by atoms with van der Waals surface area (Å²) in [5, 5.41) is 9.15. The van der Waals surface area contributed by atoms with Crippen molar-refractivity contribution in [2.75, 3.05) is 20.1 Å². The molecule has 0 bridgehead atoms. The summed E-state index contributed by atoms with van der Waals surface area (Å²) in [5.74, 6) is 0. The number of nitriles is 1. The predicted octanol–water partition coefficient (Wildman–Crippen LogP) is 0.791. The second-order valence-electron chi connectivity index (χ2n) is 3.37. The lowest BCUT2D eigenvalue weighted by Gasteiger charge is -2.16. The first kappa shape index (κ1) is 13.9. The first-order valence-corrected chi connectivity index (χ1v) is 6.61. The maximum Gasteiger partial charge on any atom is 0.244 e. The quantitative estimate of drug-likeness (QED) is 0.879. The van der Waals surface area contributed by atoms with Gasteiger partial charge in [0.2, 0.25) is 10.0 Å². The van der Waals surface area contributed by atoms with Crippen LogP contribution in [0.25, 0.3) is 0 Å². The van der Waals surface area contributed by atoms with Crippen molar-refractivity contribution in [1.29, 1.82) is 5.26 Å². The molecule has 7 heteroatoms. The molecule has 0 atom stereocenters. The third-order valence-corrected chi connectivity index (χ3v) is 4.33. The number of benzene rings is 1. The summed E-state index contributed by atoms with van der Waals surface area (Å²) < 4.78 is 25.3. The van der Waals surface area contributed by atoms with E-state index >= 15 is 0 Å². The molecule has 0 fully saturated rings. The fourth-order valence-corrected chi connectivity index (χ4v) is 2.86. The van der Waals surface area contributed by atoms with Crippen LogP contribution in [0.4, 0.5) is 0 Å². The monoisotopic (exact) mass is 273 g/mol. The number of rotatable bonds is 4. The minimum absolute atomic E-state index is 0.0678. The van der Waals surface area contributed by atoms with E-state index in [-0.39, 0.29) is 28.6 Å². The Bertz CT molecular complexity index is 551. The van der Waals surface area contributed by atoms with Crippen molar-refractivity contribution in [3.05, 3.63) is 28.8 Å². The maximum atomic E-state index is 12.1. The molecule has 0 radical (unpaired) electrons. The van der Waals surface area contributed by atoms with Crippen LogP contribution in [0.2, 0.25) is 5.02 Å². The molecule has 2 N–H and O–H groups in total. The van der Waals surface area contributed by atoms with Gasteiger partial charge < -0.3 is 5.73 Å². The molecule has 0 aliphatic carbocycles. The van der Waals surface area contributed by atoms with Crippen molar-refractivity contribution in [2.45, 2.75) is 4.90 Å². The fourth-order valence-electron chi connectivity index (χ4n) is 1.27. The molecule has 0 aromatic heterocycles. The van der Waals surface area contributed by atoms with E-state index < -0.39 is 10.0 Å². The standard InChI is InChI=1S/C10H12ClN3O2S/c1-14(5-4-12)17(15,16)10-6-9(11)3-2-8(10)7-13/h2-3,6H,4-5,12H2,1H3. The lowest BCUT2D eigenvalue weighted by atomic mass is 10.2. The molecule has 17 heavy (non-hydrogen) atoms. The Morgan fingerprint density at radius 2 is 2.18 bits per heavy atom. The summed E-state index contributed by atoms with van der Waals surface area (Å²) in [6, 6.07) is 5.95. The lowest BCUT2D eigenvalue weighted by molar-refractivity contribution is 0.476. The molecule has 92 valence electrons. The van der Waals surface area contributed by atoms with Crippen LogP contribution in [0, 0.1) is 11.3 Å². The van der Waals surface area contributed by atoms with Crippen molar-refractivity contribution in [3.8, 4) is 6.07 Å². The van der Waals surface area contributed by atoms with Crippen molar-refractivity contribution < 1.29 is 8.42 Å². The minimum Gasteiger partial charge on any atom is -0.329 e. The highest BCUT2D eigenvalue weighted by molar-refractivity contribution is 7.89. The zero-order valence-electron chi connectivity index (χ0n) is 9.22. The summed E-state index contributed by atoms with van der Waals surface area (Å²) >= 11 is 5.74. The van der Waals surface area contributed by atoms with Crippen LogP contribution in [0.1, 0.15) is 5.56 Å². The molecule has 0 unspecified atom stereocenters. The first-order valence-electron chi connectivity index (χ1n) is 4.79. The molecule has 0 spiro atoms. The van der Waals surface area contributed by atoms with Gasteiger partial charge in [-0.1, -0.05) is 11.6 Å². The maximum absolute atomic E-state index is 12.1. The highest BCUT2D eigenvalue weighted by Crippen LogP contribution is 2.22. The summed E-state index contributed by atoms with van der Waals surface area (Å²) in [6.07, 6.45) is 0. The topological polar surface area (TPSA) is 87.2 Å². The average molecular weight is 274 g/mol. The summed E-state index contributed by atoms with van der Waals surface area (Å²) in [6.45, 7) is 0.387. The van der Waals surface area contributed by atoms with Gasteiger partial charge in [-0.2, -0.15) is 9.57 Å². The van der Waals surface area contributed by atoms with Crippen LogP contribution < -0.4 is 5.73 Å². The number of nitrogens with two attached hydrogens (primary N) is 1. The highest BCUT2D eigenvalue weighted by atomic mass is 35.5. The van der Waals surface area contributed by atoms with E-state index in [0.29, 0.717) is 0 Å². The van der Waals surface area contributed by atoms with Gasteiger partial charge in [-0.05, 0) is 18.2 Å². The Balaban J connectivity index is 3.33. The zero-order valence-corrected chi connectivity index (χ0v) is 10.8. The predicted molar refractivity (Wildman–Crippen MR) is 65.0 cm³/mol. The Morgan fingerprint density at radius 1 is 1.53 bits per heavy atom. The van der Waals surface area contributed by atoms with E-state index in [1.165, 1.54) is 25.2 Å². The Labute approximate surface area is 105 Å². The SMILES string of the molecule is CN(CCN)S(=O)(=O)c1cc(Cl)ccc1C#N. The molecule has 1 rings (SSSR count). The molecule has 0 amide bonds. The van der Waals surface area contributed by atoms with Gasteiger partial charge in [0.25, 0.3) is 0 Å². The smallest absolute Gasteiger partial charge is 0.244 e. The van der Waals surface area contributed by atoms with Crippen LogP contribution >= 0.6 is 11.6 Å². The van der Waals surface area contributed by atoms with Gasteiger partial charge in [0.15, 0.2) is 0 Å². The zero-order chi connectivity index (χ0) is 13.1. The fraction of sp³-hybridized carbons (Fsp3) is 0.300. The van der Waals surface area contributed by atoms with Crippen LogP contribution in [-0.4, -0.2) is 32.9 Å². The number of hydrogen-bond donors (Lipinski definition) is 1. The molecule has 5 nitrogen and oxygen atoms in total. The molecule has 1 aromatic rings. The van der Waals surface area contributed by atoms with Crippen LogP contribution in [-0.2, 0) is 10.0 Å². The van der Waals surface area contributed by atoms with Crippen LogP contribution in [0.15, 0.2) is 23.1 Å². The Hall–Kier alpha value is -1.13. The summed E-state index contributed by atoms with van der Waals surface area (Å²) in [5.41, 5.74) is 5.38. The van der Waals surface area contributed by atoms with E-state index in [0.717, 1.165) is 4.31 Å². The van der Waals surface area contributed by atoms with Crippen LogP contribution in [0.3, 0.4) is 0 Å². The molecule has 0 aliphatic heterocycles. The van der Waals surface area contributed by atoms with Crippen molar-refractivity contribution >= 4 is 21.6 Å². The van der Waals surface area contributed by atoms with E-state index in [1.54, 1.807) is 0 Å². The Morgan fingerprint density at radius 3 is 2.71 bits per heavy atom. The van der Waals surface area contributed by atoms with Gasteiger partial charge in [-0.3, -0.25) is 0 Å². The van der Waals surface area contributed by atoms with Crippen molar-refractivity contribution in [2.24, 2.45) is 5.73 Å². The lowest BCUT2D eigenvalue weighted by Crippen LogP contribution is -2.32. The number of hydrogen-bond acceptors (Lipinski definition) is 4. The van der Waals surface area contributed by atoms with Gasteiger partial charge >= 0.3 is 0 Å². The summed E-state index contributed by atoms with van der Waals surface area (Å²) in [4.78, 5) is -0.0940. The van der Waals surface area contributed by atoms with Crippen LogP contribution in [0.5, 0.6) is 0 Å². The van der Waals surface area contributed by atoms with Gasteiger partial charge in [0.05, 0.1) is 5.56 Å². The molecular formula is C10H12ClN3O2S. The van der Waals surface area contributed by atoms with E-state index in [1.807, 2.05) is 6.07 Å². The summed E-state index contributed by atoms with van der Waals surface area (Å²) in [7, 11) is -2.31. The van der Waals surface area contributed by atoms with Gasteiger partial charge in [0.1, 0.15) is 11.0 Å². The number of halogens is 1. The minimum atomic E-state index is -3.72. The van der Waals surface area contributed by atoms with Gasteiger partial charge in [0, 0.05) is 25.2 Å². The molecule has 0 saturated carbocycles. The van der Waals surface area contributed by atoms with Gasteiger partial charge in [-0.25, -0.2) is 8.42 Å². The van der Waals surface area contributed by atoms with Crippen molar-refractivity contribution in [1.82, 2.24) is 4.31 Å². The highest BCUT2D eigenvalue weighted by Gasteiger charge is 2.23. The molecular weight excluding hydrogens is 262 g/mol.